The van der Waals surface area contributed by atoms with Gasteiger partial charge in [0.25, 0.3) is 0 Å². The van der Waals surface area contributed by atoms with Crippen LogP contribution in [0.5, 0.6) is 0 Å². The van der Waals surface area contributed by atoms with E-state index in [1.165, 1.54) is 18.1 Å². The Morgan fingerprint density at radius 1 is 1.28 bits per heavy atom. The van der Waals surface area contributed by atoms with Gasteiger partial charge in [-0.1, -0.05) is 11.6 Å². The van der Waals surface area contributed by atoms with E-state index in [2.05, 4.69) is 26.5 Å². The van der Waals surface area contributed by atoms with Crippen molar-refractivity contribution in [2.24, 2.45) is 5.41 Å². The Kier molecular flexibility index (Phi) is 3.90. The monoisotopic (exact) mass is 353 g/mol. The maximum Gasteiger partial charge on any atom is 0.408 e. The predicted octanol–water partition coefficient (Wildman–Crippen LogP) is 2.93. The lowest BCUT2D eigenvalue weighted by Gasteiger charge is -2.23. The van der Waals surface area contributed by atoms with Gasteiger partial charge in [0.15, 0.2) is 5.65 Å². The van der Waals surface area contributed by atoms with Gasteiger partial charge in [0.2, 0.25) is 0 Å². The van der Waals surface area contributed by atoms with E-state index in [1.54, 1.807) is 0 Å². The Morgan fingerprint density at radius 2 is 2.12 bits per heavy atom. The molecule has 0 atom stereocenters. The summed E-state index contributed by atoms with van der Waals surface area (Å²) in [7, 11) is 0. The first kappa shape index (κ1) is 16.3. The fraction of sp³-hybridized carbons (Fsp3) is 0.562. The first-order valence-corrected chi connectivity index (χ1v) is 8.21. The molecule has 0 bridgehead atoms. The average molecular weight is 353 g/mol. The molecule has 1 aliphatic heterocycles. The minimum Gasteiger partial charge on any atom is -0.377 e. The second-order valence-electron chi connectivity index (χ2n) is 6.59. The Morgan fingerprint density at radius 3 is 2.80 bits per heavy atom. The summed E-state index contributed by atoms with van der Waals surface area (Å²) >= 11 is 0. The Bertz CT molecular complexity index is 810. The highest BCUT2D eigenvalue weighted by molar-refractivity contribution is 5.85. The van der Waals surface area contributed by atoms with Crippen molar-refractivity contribution < 1.29 is 17.9 Å². The number of nitrogens with zero attached hydrogens (tertiary/aromatic N) is 4. The van der Waals surface area contributed by atoms with Crippen LogP contribution < -0.4 is 5.32 Å². The number of rotatable bonds is 5. The van der Waals surface area contributed by atoms with Gasteiger partial charge in [-0.3, -0.25) is 4.68 Å². The summed E-state index contributed by atoms with van der Waals surface area (Å²) in [5.74, 6) is 0.525. The number of nitrogens with one attached hydrogen (secondary N) is 1. The molecule has 0 saturated heterocycles. The Hall–Kier alpha value is -2.16. The molecule has 2 aromatic rings. The van der Waals surface area contributed by atoms with Crippen LogP contribution in [0.3, 0.4) is 0 Å². The van der Waals surface area contributed by atoms with Crippen LogP contribution in [0.1, 0.15) is 19.3 Å². The van der Waals surface area contributed by atoms with E-state index >= 15 is 0 Å². The molecule has 9 heteroatoms. The van der Waals surface area contributed by atoms with Gasteiger partial charge in [-0.2, -0.15) is 18.3 Å². The van der Waals surface area contributed by atoms with Crippen LogP contribution in [-0.4, -0.2) is 45.7 Å². The summed E-state index contributed by atoms with van der Waals surface area (Å²) in [6.45, 7) is 0.962. The van der Waals surface area contributed by atoms with Crippen molar-refractivity contribution in [3.8, 4) is 0 Å². The van der Waals surface area contributed by atoms with E-state index in [4.69, 9.17) is 4.74 Å². The fourth-order valence-corrected chi connectivity index (χ4v) is 3.31. The van der Waals surface area contributed by atoms with Crippen LogP contribution in [0.25, 0.3) is 11.0 Å². The molecule has 0 amide bonds. The van der Waals surface area contributed by atoms with Gasteiger partial charge < -0.3 is 10.1 Å². The number of hydrogen-bond acceptors (Lipinski definition) is 5. The molecule has 2 aliphatic rings. The smallest absolute Gasteiger partial charge is 0.377 e. The van der Waals surface area contributed by atoms with E-state index in [0.29, 0.717) is 24.4 Å². The summed E-state index contributed by atoms with van der Waals surface area (Å²) in [6.07, 6.45) is 3.64. The molecule has 0 spiro atoms. The maximum absolute atomic E-state index is 12.6. The Balaban J connectivity index is 1.52. The molecular weight excluding hydrogens is 335 g/mol. The quantitative estimate of drug-likeness (QED) is 0.838. The lowest BCUT2D eigenvalue weighted by Crippen LogP contribution is -2.21. The van der Waals surface area contributed by atoms with Gasteiger partial charge >= 0.3 is 6.18 Å². The number of aromatic nitrogens is 4. The molecule has 1 saturated carbocycles. The zero-order chi connectivity index (χ0) is 17.5. The van der Waals surface area contributed by atoms with Crippen LogP contribution in [0.15, 0.2) is 24.2 Å². The van der Waals surface area contributed by atoms with E-state index in [-0.39, 0.29) is 11.1 Å². The van der Waals surface area contributed by atoms with E-state index in [1.807, 2.05) is 0 Å². The molecule has 1 aliphatic carbocycles. The molecule has 0 aromatic carbocycles. The van der Waals surface area contributed by atoms with Crippen LogP contribution in [0, 0.1) is 5.41 Å². The van der Waals surface area contributed by atoms with Crippen molar-refractivity contribution in [1.82, 2.24) is 19.7 Å². The largest absolute Gasteiger partial charge is 0.408 e. The first-order chi connectivity index (χ1) is 12.0. The molecule has 3 heterocycles. The van der Waals surface area contributed by atoms with E-state index in [0.717, 1.165) is 30.6 Å². The number of fused-ring (bicyclic) bond motifs is 1. The fourth-order valence-electron chi connectivity index (χ4n) is 3.31. The van der Waals surface area contributed by atoms with Crippen molar-refractivity contribution >= 4 is 16.9 Å². The van der Waals surface area contributed by atoms with Crippen LogP contribution in [0.4, 0.5) is 19.0 Å². The van der Waals surface area contributed by atoms with E-state index < -0.39 is 12.7 Å². The van der Waals surface area contributed by atoms with Gasteiger partial charge in [0.1, 0.15) is 18.7 Å². The SMILES string of the molecule is FC(F)(F)Cn1cc2c(NCC3(C4=CCOCC4)CC3)ncnc2n1. The second-order valence-corrected chi connectivity index (χ2v) is 6.59. The number of anilines is 1. The molecule has 0 radical (unpaired) electrons. The predicted molar refractivity (Wildman–Crippen MR) is 85.1 cm³/mol. The van der Waals surface area contributed by atoms with Gasteiger partial charge in [-0.15, -0.1) is 0 Å². The van der Waals surface area contributed by atoms with E-state index in [9.17, 15) is 13.2 Å². The zero-order valence-corrected chi connectivity index (χ0v) is 13.5. The van der Waals surface area contributed by atoms with Crippen molar-refractivity contribution in [2.45, 2.75) is 32.0 Å². The molecule has 1 N–H and O–H groups in total. The number of hydrogen-bond donors (Lipinski definition) is 1. The number of ether oxygens (including phenoxy) is 1. The average Bonchev–Trinajstić information content (AvgIpc) is 3.26. The Labute approximate surface area is 142 Å². The maximum atomic E-state index is 12.6. The number of halogens is 3. The first-order valence-electron chi connectivity index (χ1n) is 8.21. The molecule has 1 fully saturated rings. The summed E-state index contributed by atoms with van der Waals surface area (Å²) in [4.78, 5) is 8.16. The van der Waals surface area contributed by atoms with Crippen molar-refractivity contribution in [3.63, 3.8) is 0 Å². The third-order valence-corrected chi connectivity index (χ3v) is 4.80. The molecule has 25 heavy (non-hydrogen) atoms. The van der Waals surface area contributed by atoms with Gasteiger partial charge in [-0.05, 0) is 19.3 Å². The molecular formula is C16H18F3N5O. The summed E-state index contributed by atoms with van der Waals surface area (Å²) < 4.78 is 43.9. The van der Waals surface area contributed by atoms with Crippen LogP contribution in [-0.2, 0) is 11.3 Å². The molecule has 134 valence electrons. The third kappa shape index (κ3) is 3.46. The van der Waals surface area contributed by atoms with Crippen molar-refractivity contribution in [2.75, 3.05) is 25.1 Å². The molecule has 6 nitrogen and oxygen atoms in total. The van der Waals surface area contributed by atoms with Crippen LogP contribution in [0.2, 0.25) is 0 Å². The van der Waals surface area contributed by atoms with Gasteiger partial charge in [-0.25, -0.2) is 9.97 Å². The zero-order valence-electron chi connectivity index (χ0n) is 13.5. The molecule has 0 unspecified atom stereocenters. The lowest BCUT2D eigenvalue weighted by molar-refractivity contribution is -0.142. The highest BCUT2D eigenvalue weighted by atomic mass is 19.4. The third-order valence-electron chi connectivity index (χ3n) is 4.80. The van der Waals surface area contributed by atoms with Gasteiger partial charge in [0, 0.05) is 18.2 Å². The molecule has 4 rings (SSSR count). The highest BCUT2D eigenvalue weighted by Gasteiger charge is 2.45. The molecule has 2 aromatic heterocycles. The van der Waals surface area contributed by atoms with Crippen molar-refractivity contribution in [1.29, 1.82) is 0 Å². The standard InChI is InChI=1S/C16H18F3N5O/c17-16(18,19)9-24-7-12-13(21-10-22-14(12)23-24)20-8-15(3-4-15)11-1-5-25-6-2-11/h1,7,10H,2-6,8-9H2,(H,20,21,22,23). The van der Waals surface area contributed by atoms with Crippen LogP contribution >= 0.6 is 0 Å². The van der Waals surface area contributed by atoms with Crippen molar-refractivity contribution in [3.05, 3.63) is 24.2 Å². The summed E-state index contributed by atoms with van der Waals surface area (Å²) in [6, 6.07) is 0. The minimum atomic E-state index is -4.32. The lowest BCUT2D eigenvalue weighted by atomic mass is 9.92. The second kappa shape index (κ2) is 5.98. The summed E-state index contributed by atoms with van der Waals surface area (Å²) in [5.41, 5.74) is 1.80. The number of alkyl halides is 3. The van der Waals surface area contributed by atoms with Gasteiger partial charge in [0.05, 0.1) is 18.6 Å². The normalized spacial score (nSPS) is 19.7. The highest BCUT2D eigenvalue weighted by Crippen LogP contribution is 2.53. The topological polar surface area (TPSA) is 64.9 Å². The minimum absolute atomic E-state index is 0.128. The summed E-state index contributed by atoms with van der Waals surface area (Å²) in [5, 5.41) is 7.69.